The quantitative estimate of drug-likeness (QED) is 0.403. The molecule has 0 aliphatic carbocycles. The number of hydrogen-bond acceptors (Lipinski definition) is 4. The first-order chi connectivity index (χ1) is 17.8. The van der Waals surface area contributed by atoms with Crippen LogP contribution < -0.4 is 0 Å². The van der Waals surface area contributed by atoms with Crippen molar-refractivity contribution in [3.8, 4) is 11.4 Å². The molecule has 3 fully saturated rings. The van der Waals surface area contributed by atoms with Gasteiger partial charge in [-0.2, -0.15) is 0 Å². The van der Waals surface area contributed by atoms with E-state index in [9.17, 15) is 4.55 Å². The molecule has 3 atom stereocenters. The zero-order valence-electron chi connectivity index (χ0n) is 22.5. The molecule has 3 unspecified atom stereocenters. The molecule has 0 saturated carbocycles. The van der Waals surface area contributed by atoms with Gasteiger partial charge in [-0.25, -0.2) is 9.37 Å². The average molecular weight is 523 g/mol. The normalized spacial score (nSPS) is 26.4. The van der Waals surface area contributed by atoms with Crippen molar-refractivity contribution in [3.05, 3.63) is 47.8 Å². The number of imidazole rings is 1. The van der Waals surface area contributed by atoms with Gasteiger partial charge < -0.3 is 14.0 Å². The highest BCUT2D eigenvalue weighted by molar-refractivity contribution is 7.90. The van der Waals surface area contributed by atoms with E-state index in [0.29, 0.717) is 12.1 Å². The molecule has 3 saturated heterocycles. The summed E-state index contributed by atoms with van der Waals surface area (Å²) in [5.74, 6) is 0.940. The van der Waals surface area contributed by atoms with Gasteiger partial charge >= 0.3 is 0 Å². The van der Waals surface area contributed by atoms with Crippen LogP contribution in [0.25, 0.3) is 22.4 Å². The number of benzene rings is 2. The fourth-order valence-electron chi connectivity index (χ4n) is 7.50. The molecule has 37 heavy (non-hydrogen) atoms. The third-order valence-electron chi connectivity index (χ3n) is 9.29. The lowest BCUT2D eigenvalue weighted by Gasteiger charge is -2.46. The second-order valence-electron chi connectivity index (χ2n) is 11.7. The molecule has 198 valence electrons. The second-order valence-corrected chi connectivity index (χ2v) is 13.1. The second kappa shape index (κ2) is 9.99. The number of nitrogens with zero attached hydrogens (tertiary/aromatic N) is 4. The summed E-state index contributed by atoms with van der Waals surface area (Å²) < 4.78 is 29.1. The maximum Gasteiger partial charge on any atom is 0.152 e. The number of rotatable bonds is 5. The molecular formula is C30H39FN4OS. The molecule has 2 bridgehead atoms. The molecule has 5 nitrogen and oxygen atoms in total. The topological polar surface area (TPSA) is 47.4 Å². The molecule has 1 aromatic heterocycles. The van der Waals surface area contributed by atoms with Crippen molar-refractivity contribution in [3.63, 3.8) is 0 Å². The van der Waals surface area contributed by atoms with Gasteiger partial charge in [0.1, 0.15) is 17.9 Å². The first-order valence-electron chi connectivity index (χ1n) is 13.9. The van der Waals surface area contributed by atoms with Crippen LogP contribution in [-0.2, 0) is 18.2 Å². The Hall–Kier alpha value is -1.93. The van der Waals surface area contributed by atoms with Crippen molar-refractivity contribution >= 4 is 22.2 Å². The summed E-state index contributed by atoms with van der Waals surface area (Å²) in [6.45, 7) is 6.82. The van der Waals surface area contributed by atoms with Crippen molar-refractivity contribution in [2.24, 2.45) is 7.05 Å². The van der Waals surface area contributed by atoms with Crippen LogP contribution in [0.2, 0.25) is 0 Å². The van der Waals surface area contributed by atoms with Gasteiger partial charge in [0.15, 0.2) is 4.90 Å². The summed E-state index contributed by atoms with van der Waals surface area (Å²) in [6, 6.07) is 14.1. The zero-order chi connectivity index (χ0) is 25.8. The molecule has 3 aromatic rings. The van der Waals surface area contributed by atoms with Crippen molar-refractivity contribution in [2.45, 2.75) is 87.4 Å². The third-order valence-corrected chi connectivity index (χ3v) is 10.2. The largest absolute Gasteiger partial charge is 0.612 e. The van der Waals surface area contributed by atoms with Crippen molar-refractivity contribution in [1.82, 2.24) is 19.4 Å². The molecule has 6 rings (SSSR count). The highest BCUT2D eigenvalue weighted by Crippen LogP contribution is 2.41. The SMILES string of the molecule is CC(C)N1C2CCC1CC(N1CCC(c3cc4nc(-c5ccc([S+](C)[O-])cc5)n(C)c4cc3F)CC1)C2. The Labute approximate surface area is 223 Å². The summed E-state index contributed by atoms with van der Waals surface area (Å²) in [7, 11) is 1.94. The van der Waals surface area contributed by atoms with Crippen LogP contribution in [0.1, 0.15) is 63.9 Å². The number of aromatic nitrogens is 2. The van der Waals surface area contributed by atoms with Crippen LogP contribution >= 0.6 is 0 Å². The highest BCUT2D eigenvalue weighted by atomic mass is 32.2. The van der Waals surface area contributed by atoms with Gasteiger partial charge in [0.05, 0.1) is 11.0 Å². The molecule has 3 aliphatic rings. The van der Waals surface area contributed by atoms with Crippen LogP contribution in [0, 0.1) is 5.82 Å². The lowest BCUT2D eigenvalue weighted by molar-refractivity contribution is 0.0297. The van der Waals surface area contributed by atoms with Crippen LogP contribution in [0.15, 0.2) is 41.3 Å². The maximum atomic E-state index is 15.4. The number of hydrogen-bond donors (Lipinski definition) is 0. The molecule has 0 radical (unpaired) electrons. The Bertz CT molecular complexity index is 1250. The molecule has 7 heteroatoms. The first kappa shape index (κ1) is 25.4. The van der Waals surface area contributed by atoms with Crippen molar-refractivity contribution < 1.29 is 8.94 Å². The van der Waals surface area contributed by atoms with E-state index in [0.717, 1.165) is 70.9 Å². The summed E-state index contributed by atoms with van der Waals surface area (Å²) in [5, 5.41) is 0. The van der Waals surface area contributed by atoms with Crippen LogP contribution in [0.4, 0.5) is 4.39 Å². The minimum atomic E-state index is -1.01. The number of likely N-dealkylation sites (tertiary alicyclic amines) is 1. The Kier molecular flexibility index (Phi) is 6.85. The predicted molar refractivity (Wildman–Crippen MR) is 149 cm³/mol. The van der Waals surface area contributed by atoms with Gasteiger partial charge in [0, 0.05) is 42.8 Å². The molecule has 0 spiro atoms. The Morgan fingerprint density at radius 3 is 2.22 bits per heavy atom. The zero-order valence-corrected chi connectivity index (χ0v) is 23.3. The van der Waals surface area contributed by atoms with Gasteiger partial charge in [-0.1, -0.05) is 0 Å². The summed E-state index contributed by atoms with van der Waals surface area (Å²) in [4.78, 5) is 11.2. The maximum absolute atomic E-state index is 15.4. The minimum absolute atomic E-state index is 0.111. The van der Waals surface area contributed by atoms with Crippen molar-refractivity contribution in [2.75, 3.05) is 19.3 Å². The molecule has 0 amide bonds. The average Bonchev–Trinajstić information content (AvgIpc) is 3.36. The van der Waals surface area contributed by atoms with Crippen LogP contribution in [-0.4, -0.2) is 67.4 Å². The molecule has 4 heterocycles. The minimum Gasteiger partial charge on any atom is -0.612 e. The molecule has 3 aliphatic heterocycles. The smallest absolute Gasteiger partial charge is 0.152 e. The van der Waals surface area contributed by atoms with E-state index in [1.54, 1.807) is 12.3 Å². The fourth-order valence-corrected chi connectivity index (χ4v) is 8.02. The van der Waals surface area contributed by atoms with E-state index in [1.165, 1.54) is 25.7 Å². The first-order valence-corrected chi connectivity index (χ1v) is 15.5. The Balaban J connectivity index is 1.17. The lowest BCUT2D eigenvalue weighted by atomic mass is 9.86. The third kappa shape index (κ3) is 4.62. The summed E-state index contributed by atoms with van der Waals surface area (Å²) in [6.07, 6.45) is 9.01. The monoisotopic (exact) mass is 522 g/mol. The summed E-state index contributed by atoms with van der Waals surface area (Å²) in [5.41, 5.74) is 3.42. The van der Waals surface area contributed by atoms with Gasteiger partial charge in [0.25, 0.3) is 0 Å². The standard InChI is InChI=1S/C30H39FN4OS/c1-19(2)35-22-7-8-23(35)16-24(15-22)34-13-11-20(12-14-34)26-17-28-29(18-27(26)31)33(3)30(32-28)21-5-9-25(10-6-21)37(4)36/h5-6,9-10,17-20,22-24H,7-8,11-16H2,1-4H3. The Morgan fingerprint density at radius 2 is 1.62 bits per heavy atom. The fraction of sp³-hybridized carbons (Fsp3) is 0.567. The lowest BCUT2D eigenvalue weighted by Crippen LogP contribution is -2.53. The van der Waals surface area contributed by atoms with E-state index in [4.69, 9.17) is 4.98 Å². The van der Waals surface area contributed by atoms with Gasteiger partial charge in [-0.05, 0) is 118 Å². The molecule has 2 aromatic carbocycles. The molecule has 0 N–H and O–H groups in total. The highest BCUT2D eigenvalue weighted by Gasteiger charge is 2.43. The van der Waals surface area contributed by atoms with E-state index < -0.39 is 11.2 Å². The summed E-state index contributed by atoms with van der Waals surface area (Å²) >= 11 is -1.01. The van der Waals surface area contributed by atoms with Crippen LogP contribution in [0.3, 0.4) is 0 Å². The van der Waals surface area contributed by atoms with E-state index in [1.807, 2.05) is 41.9 Å². The van der Waals surface area contributed by atoms with E-state index >= 15 is 4.39 Å². The van der Waals surface area contributed by atoms with E-state index in [-0.39, 0.29) is 11.7 Å². The molecular weight excluding hydrogens is 483 g/mol. The van der Waals surface area contributed by atoms with Gasteiger partial charge in [0.2, 0.25) is 0 Å². The van der Waals surface area contributed by atoms with Crippen LogP contribution in [0.5, 0.6) is 0 Å². The number of aryl methyl sites for hydroxylation is 1. The van der Waals surface area contributed by atoms with E-state index in [2.05, 4.69) is 23.6 Å². The number of fused-ring (bicyclic) bond motifs is 3. The number of piperidine rings is 2. The predicted octanol–water partition coefficient (Wildman–Crippen LogP) is 5.70. The number of halogens is 1. The van der Waals surface area contributed by atoms with Gasteiger partial charge in [-0.3, -0.25) is 4.90 Å². The van der Waals surface area contributed by atoms with Gasteiger partial charge in [-0.15, -0.1) is 0 Å². The Morgan fingerprint density at radius 1 is 0.973 bits per heavy atom. The van der Waals surface area contributed by atoms with Crippen molar-refractivity contribution in [1.29, 1.82) is 0 Å².